The van der Waals surface area contributed by atoms with Crippen molar-refractivity contribution in [3.8, 4) is 0 Å². The Morgan fingerprint density at radius 3 is 2.68 bits per heavy atom. The van der Waals surface area contributed by atoms with Crippen molar-refractivity contribution in [3.05, 3.63) is 51.0 Å². The SMILES string of the molecule is CCNC(Cc1cc(C)ccc1C)c1cnc(C)s1. The van der Waals surface area contributed by atoms with Crippen LogP contribution in [0.3, 0.4) is 0 Å². The molecule has 0 aliphatic carbocycles. The van der Waals surface area contributed by atoms with E-state index in [2.05, 4.69) is 56.2 Å². The molecule has 1 aromatic carbocycles. The van der Waals surface area contributed by atoms with Gasteiger partial charge >= 0.3 is 0 Å². The van der Waals surface area contributed by atoms with E-state index >= 15 is 0 Å². The minimum Gasteiger partial charge on any atom is -0.309 e. The molecule has 0 saturated carbocycles. The highest BCUT2D eigenvalue weighted by atomic mass is 32.1. The number of hydrogen-bond donors (Lipinski definition) is 1. The first kappa shape index (κ1) is 14.2. The Kier molecular flexibility index (Phi) is 4.72. The molecule has 0 bridgehead atoms. The van der Waals surface area contributed by atoms with Crippen LogP contribution in [0.2, 0.25) is 0 Å². The Hall–Kier alpha value is -1.19. The van der Waals surface area contributed by atoms with Gasteiger partial charge in [-0.25, -0.2) is 4.98 Å². The second kappa shape index (κ2) is 6.31. The predicted octanol–water partition coefficient (Wildman–Crippen LogP) is 3.96. The van der Waals surface area contributed by atoms with Crippen LogP contribution < -0.4 is 5.32 Å². The molecular formula is C16H22N2S. The van der Waals surface area contributed by atoms with Gasteiger partial charge in [0.1, 0.15) is 0 Å². The highest BCUT2D eigenvalue weighted by Crippen LogP contribution is 2.25. The van der Waals surface area contributed by atoms with E-state index in [0.29, 0.717) is 6.04 Å². The lowest BCUT2D eigenvalue weighted by molar-refractivity contribution is 0.556. The van der Waals surface area contributed by atoms with Gasteiger partial charge in [-0.2, -0.15) is 0 Å². The highest BCUT2D eigenvalue weighted by molar-refractivity contribution is 7.11. The number of rotatable bonds is 5. The minimum atomic E-state index is 0.372. The summed E-state index contributed by atoms with van der Waals surface area (Å²) in [4.78, 5) is 5.71. The fourth-order valence-electron chi connectivity index (χ4n) is 2.30. The molecule has 1 atom stereocenters. The van der Waals surface area contributed by atoms with E-state index in [0.717, 1.165) is 18.0 Å². The van der Waals surface area contributed by atoms with E-state index in [-0.39, 0.29) is 0 Å². The molecule has 2 aromatic rings. The van der Waals surface area contributed by atoms with Crippen LogP contribution in [-0.4, -0.2) is 11.5 Å². The van der Waals surface area contributed by atoms with Gasteiger partial charge in [-0.05, 0) is 44.9 Å². The number of thiazole rings is 1. The van der Waals surface area contributed by atoms with Crippen LogP contribution in [0.1, 0.15) is 39.5 Å². The molecule has 2 nitrogen and oxygen atoms in total. The van der Waals surface area contributed by atoms with Crippen molar-refractivity contribution in [2.45, 2.75) is 40.2 Å². The summed E-state index contributed by atoms with van der Waals surface area (Å²) in [5.74, 6) is 0. The number of aromatic nitrogens is 1. The third-order valence-corrected chi connectivity index (χ3v) is 4.39. The average Bonchev–Trinajstić information content (AvgIpc) is 2.80. The summed E-state index contributed by atoms with van der Waals surface area (Å²) in [7, 11) is 0. The topological polar surface area (TPSA) is 24.9 Å². The first-order valence-electron chi connectivity index (χ1n) is 6.82. The standard InChI is InChI=1S/C16H22N2S/c1-5-17-15(16-10-18-13(4)19-16)9-14-8-11(2)6-7-12(14)3/h6-8,10,15,17H,5,9H2,1-4H3. The van der Waals surface area contributed by atoms with Crippen LogP contribution >= 0.6 is 11.3 Å². The second-order valence-electron chi connectivity index (χ2n) is 5.03. The lowest BCUT2D eigenvalue weighted by Gasteiger charge is -2.17. The molecule has 3 heteroatoms. The third-order valence-electron chi connectivity index (χ3n) is 3.36. The Balaban J connectivity index is 2.23. The van der Waals surface area contributed by atoms with Gasteiger partial charge in [-0.15, -0.1) is 11.3 Å². The maximum atomic E-state index is 4.38. The van der Waals surface area contributed by atoms with Gasteiger partial charge in [0.2, 0.25) is 0 Å². The Labute approximate surface area is 119 Å². The fraction of sp³-hybridized carbons (Fsp3) is 0.438. The van der Waals surface area contributed by atoms with Crippen LogP contribution in [-0.2, 0) is 6.42 Å². The molecule has 1 N–H and O–H groups in total. The van der Waals surface area contributed by atoms with Crippen LogP contribution in [0.25, 0.3) is 0 Å². The van der Waals surface area contributed by atoms with Crippen molar-refractivity contribution in [2.24, 2.45) is 0 Å². The summed E-state index contributed by atoms with van der Waals surface area (Å²) in [5, 5.41) is 4.72. The molecule has 102 valence electrons. The number of nitrogens with one attached hydrogen (secondary N) is 1. The molecular weight excluding hydrogens is 252 g/mol. The average molecular weight is 274 g/mol. The van der Waals surface area contributed by atoms with E-state index < -0.39 is 0 Å². The van der Waals surface area contributed by atoms with E-state index in [4.69, 9.17) is 0 Å². The molecule has 0 fully saturated rings. The third kappa shape index (κ3) is 3.64. The molecule has 19 heavy (non-hydrogen) atoms. The summed E-state index contributed by atoms with van der Waals surface area (Å²) in [5.41, 5.74) is 4.13. The van der Waals surface area contributed by atoms with Gasteiger partial charge in [0, 0.05) is 17.1 Å². The summed E-state index contributed by atoms with van der Waals surface area (Å²) in [6, 6.07) is 7.06. The molecule has 0 amide bonds. The van der Waals surface area contributed by atoms with Crippen molar-refractivity contribution in [2.75, 3.05) is 6.54 Å². The normalized spacial score (nSPS) is 12.6. The fourth-order valence-corrected chi connectivity index (χ4v) is 3.16. The van der Waals surface area contributed by atoms with Crippen molar-refractivity contribution in [1.29, 1.82) is 0 Å². The number of nitrogens with zero attached hydrogens (tertiary/aromatic N) is 1. The van der Waals surface area contributed by atoms with Crippen molar-refractivity contribution >= 4 is 11.3 Å². The monoisotopic (exact) mass is 274 g/mol. The van der Waals surface area contributed by atoms with Gasteiger partial charge in [0.05, 0.1) is 5.01 Å². The van der Waals surface area contributed by atoms with Crippen molar-refractivity contribution < 1.29 is 0 Å². The largest absolute Gasteiger partial charge is 0.309 e. The summed E-state index contributed by atoms with van der Waals surface area (Å²) >= 11 is 1.79. The molecule has 0 saturated heterocycles. The van der Waals surface area contributed by atoms with Crippen LogP contribution in [0.4, 0.5) is 0 Å². The first-order valence-corrected chi connectivity index (χ1v) is 7.63. The molecule has 0 radical (unpaired) electrons. The van der Waals surface area contributed by atoms with Crippen molar-refractivity contribution in [3.63, 3.8) is 0 Å². The van der Waals surface area contributed by atoms with E-state index in [1.165, 1.54) is 21.6 Å². The van der Waals surface area contributed by atoms with Crippen molar-refractivity contribution in [1.82, 2.24) is 10.3 Å². The lowest BCUT2D eigenvalue weighted by Crippen LogP contribution is -2.22. The zero-order valence-electron chi connectivity index (χ0n) is 12.2. The summed E-state index contributed by atoms with van der Waals surface area (Å²) < 4.78 is 0. The number of aryl methyl sites for hydroxylation is 3. The van der Waals surface area contributed by atoms with Gasteiger partial charge in [0.25, 0.3) is 0 Å². The Bertz CT molecular complexity index is 545. The maximum Gasteiger partial charge on any atom is 0.0897 e. The van der Waals surface area contributed by atoms with E-state index in [1.54, 1.807) is 11.3 Å². The smallest absolute Gasteiger partial charge is 0.0897 e. The van der Waals surface area contributed by atoms with Gasteiger partial charge in [-0.1, -0.05) is 30.7 Å². The summed E-state index contributed by atoms with van der Waals surface area (Å²) in [6.45, 7) is 9.54. The van der Waals surface area contributed by atoms with Gasteiger partial charge < -0.3 is 5.32 Å². The van der Waals surface area contributed by atoms with Crippen LogP contribution in [0, 0.1) is 20.8 Å². The Morgan fingerprint density at radius 1 is 1.26 bits per heavy atom. The molecule has 1 aromatic heterocycles. The van der Waals surface area contributed by atoms with Crippen LogP contribution in [0.5, 0.6) is 0 Å². The van der Waals surface area contributed by atoms with E-state index in [1.807, 2.05) is 6.20 Å². The minimum absolute atomic E-state index is 0.372. The zero-order valence-corrected chi connectivity index (χ0v) is 13.0. The predicted molar refractivity (Wildman–Crippen MR) is 82.9 cm³/mol. The molecule has 0 aliphatic rings. The first-order chi connectivity index (χ1) is 9.10. The maximum absolute atomic E-state index is 4.38. The molecule has 2 rings (SSSR count). The second-order valence-corrected chi connectivity index (χ2v) is 6.29. The number of benzene rings is 1. The zero-order chi connectivity index (χ0) is 13.8. The molecule has 0 aliphatic heterocycles. The highest BCUT2D eigenvalue weighted by Gasteiger charge is 2.15. The Morgan fingerprint density at radius 2 is 2.05 bits per heavy atom. The van der Waals surface area contributed by atoms with Gasteiger partial charge in [-0.3, -0.25) is 0 Å². The molecule has 1 unspecified atom stereocenters. The molecule has 1 heterocycles. The molecule has 0 spiro atoms. The number of hydrogen-bond acceptors (Lipinski definition) is 3. The quantitative estimate of drug-likeness (QED) is 0.892. The van der Waals surface area contributed by atoms with Crippen LogP contribution in [0.15, 0.2) is 24.4 Å². The van der Waals surface area contributed by atoms with Gasteiger partial charge in [0.15, 0.2) is 0 Å². The summed E-state index contributed by atoms with van der Waals surface area (Å²) in [6.07, 6.45) is 3.04. The van der Waals surface area contributed by atoms with E-state index in [9.17, 15) is 0 Å². The lowest BCUT2D eigenvalue weighted by atomic mass is 9.98. The number of likely N-dealkylation sites (N-methyl/N-ethyl adjacent to an activating group) is 1.